The van der Waals surface area contributed by atoms with E-state index < -0.39 is 6.04 Å². The minimum absolute atomic E-state index is 0.0922. The minimum Gasteiger partial charge on any atom is -0.372 e. The van der Waals surface area contributed by atoms with Gasteiger partial charge >= 0.3 is 0 Å². The predicted octanol–water partition coefficient (Wildman–Crippen LogP) is 1.41. The quantitative estimate of drug-likeness (QED) is 0.818. The number of hydrogen-bond acceptors (Lipinski definition) is 4. The molecule has 2 fully saturated rings. The van der Waals surface area contributed by atoms with Gasteiger partial charge in [0.15, 0.2) is 0 Å². The molecule has 136 valence electrons. The van der Waals surface area contributed by atoms with Crippen molar-refractivity contribution in [3.05, 3.63) is 29.8 Å². The molecule has 6 heteroatoms. The van der Waals surface area contributed by atoms with E-state index >= 15 is 0 Å². The number of rotatable bonds is 6. The maximum Gasteiger partial charge on any atom is 0.239 e. The first-order chi connectivity index (χ1) is 12.0. The van der Waals surface area contributed by atoms with E-state index in [1.807, 2.05) is 19.1 Å². The van der Waals surface area contributed by atoms with Gasteiger partial charge in [0.05, 0.1) is 6.04 Å². The second kappa shape index (κ2) is 7.87. The lowest BCUT2D eigenvalue weighted by atomic mass is 10.1. The van der Waals surface area contributed by atoms with Crippen LogP contribution in [-0.2, 0) is 9.59 Å². The van der Waals surface area contributed by atoms with Gasteiger partial charge in [0, 0.05) is 38.3 Å². The molecule has 2 amide bonds. The molecule has 0 saturated carbocycles. The van der Waals surface area contributed by atoms with E-state index in [4.69, 9.17) is 5.73 Å². The molecule has 2 heterocycles. The van der Waals surface area contributed by atoms with Crippen molar-refractivity contribution in [2.45, 2.75) is 44.7 Å². The molecular weight excluding hydrogens is 316 g/mol. The average Bonchev–Trinajstić information content (AvgIpc) is 3.27. The Bertz CT molecular complexity index is 628. The zero-order valence-electron chi connectivity index (χ0n) is 14.9. The van der Waals surface area contributed by atoms with Crippen molar-refractivity contribution in [3.63, 3.8) is 0 Å². The van der Waals surface area contributed by atoms with Crippen LogP contribution in [-0.4, -0.2) is 48.9 Å². The molecule has 0 aliphatic carbocycles. The number of benzene rings is 1. The molecule has 3 rings (SSSR count). The Labute approximate surface area is 149 Å². The Kier molecular flexibility index (Phi) is 5.58. The zero-order valence-corrected chi connectivity index (χ0v) is 14.9. The molecule has 2 atom stereocenters. The minimum atomic E-state index is -0.689. The Morgan fingerprint density at radius 1 is 1.24 bits per heavy atom. The summed E-state index contributed by atoms with van der Waals surface area (Å²) in [5.41, 5.74) is 8.28. The molecule has 1 aromatic rings. The number of amides is 2. The highest BCUT2D eigenvalue weighted by Gasteiger charge is 2.25. The molecule has 3 N–H and O–H groups in total. The van der Waals surface area contributed by atoms with Gasteiger partial charge in [-0.2, -0.15) is 0 Å². The third-order valence-electron chi connectivity index (χ3n) is 5.13. The highest BCUT2D eigenvalue weighted by atomic mass is 16.2. The number of nitrogens with zero attached hydrogens (tertiary/aromatic N) is 2. The van der Waals surface area contributed by atoms with Gasteiger partial charge < -0.3 is 20.9 Å². The standard InChI is InChI=1S/C19H28N4O2/c1-14(15-6-4-7-16(12-15)22-9-2-3-10-22)21-19(25)17(20)13-23-11-5-8-18(23)24/h4,6-7,12,14,17H,2-3,5,8-11,13,20H2,1H3,(H,21,25)/t14?,17-/m0/s1. The van der Waals surface area contributed by atoms with Gasteiger partial charge in [-0.15, -0.1) is 0 Å². The molecule has 1 aromatic carbocycles. The van der Waals surface area contributed by atoms with E-state index in [1.54, 1.807) is 4.90 Å². The Hall–Kier alpha value is -2.08. The molecule has 2 aliphatic rings. The molecule has 0 radical (unpaired) electrons. The van der Waals surface area contributed by atoms with Crippen LogP contribution < -0.4 is 16.0 Å². The van der Waals surface area contributed by atoms with E-state index in [0.29, 0.717) is 19.5 Å². The van der Waals surface area contributed by atoms with Crippen molar-refractivity contribution >= 4 is 17.5 Å². The molecule has 25 heavy (non-hydrogen) atoms. The van der Waals surface area contributed by atoms with E-state index in [1.165, 1.54) is 18.5 Å². The fraction of sp³-hybridized carbons (Fsp3) is 0.579. The molecular formula is C19H28N4O2. The summed E-state index contributed by atoms with van der Waals surface area (Å²) in [5.74, 6) is -0.117. The molecule has 0 aromatic heterocycles. The summed E-state index contributed by atoms with van der Waals surface area (Å²) in [6, 6.07) is 7.52. The highest BCUT2D eigenvalue weighted by Crippen LogP contribution is 2.24. The normalized spacial score (nSPS) is 20.0. The van der Waals surface area contributed by atoms with Crippen LogP contribution in [0.4, 0.5) is 5.69 Å². The summed E-state index contributed by atoms with van der Waals surface area (Å²) in [7, 11) is 0. The van der Waals surface area contributed by atoms with Crippen LogP contribution in [0.25, 0.3) is 0 Å². The van der Waals surface area contributed by atoms with Crippen LogP contribution in [0.15, 0.2) is 24.3 Å². The molecule has 2 saturated heterocycles. The van der Waals surface area contributed by atoms with Crippen LogP contribution in [0.5, 0.6) is 0 Å². The first kappa shape index (κ1) is 17.7. The van der Waals surface area contributed by atoms with Crippen molar-refractivity contribution in [1.82, 2.24) is 10.2 Å². The van der Waals surface area contributed by atoms with Crippen LogP contribution >= 0.6 is 0 Å². The Balaban J connectivity index is 1.57. The lowest BCUT2D eigenvalue weighted by Gasteiger charge is -2.23. The van der Waals surface area contributed by atoms with E-state index in [9.17, 15) is 9.59 Å². The van der Waals surface area contributed by atoms with Crippen molar-refractivity contribution in [1.29, 1.82) is 0 Å². The molecule has 1 unspecified atom stereocenters. The van der Waals surface area contributed by atoms with Crippen LogP contribution in [0.2, 0.25) is 0 Å². The van der Waals surface area contributed by atoms with Crippen molar-refractivity contribution in [3.8, 4) is 0 Å². The van der Waals surface area contributed by atoms with E-state index in [-0.39, 0.29) is 17.9 Å². The summed E-state index contributed by atoms with van der Waals surface area (Å²) in [4.78, 5) is 28.1. The Morgan fingerprint density at radius 2 is 2.00 bits per heavy atom. The predicted molar refractivity (Wildman–Crippen MR) is 98.2 cm³/mol. The maximum atomic E-state index is 12.4. The fourth-order valence-corrected chi connectivity index (χ4v) is 3.59. The summed E-state index contributed by atoms with van der Waals surface area (Å²) in [6.45, 7) is 5.16. The van der Waals surface area contributed by atoms with Crippen LogP contribution in [0, 0.1) is 0 Å². The summed E-state index contributed by atoms with van der Waals surface area (Å²) in [6.07, 6.45) is 3.89. The summed E-state index contributed by atoms with van der Waals surface area (Å²) >= 11 is 0. The number of carbonyl (C=O) groups excluding carboxylic acids is 2. The topological polar surface area (TPSA) is 78.7 Å². The second-order valence-electron chi connectivity index (χ2n) is 7.07. The highest BCUT2D eigenvalue weighted by molar-refractivity contribution is 5.84. The van der Waals surface area contributed by atoms with E-state index in [0.717, 1.165) is 25.1 Å². The molecule has 2 aliphatic heterocycles. The number of nitrogens with one attached hydrogen (secondary N) is 1. The first-order valence-electron chi connectivity index (χ1n) is 9.23. The summed E-state index contributed by atoms with van der Waals surface area (Å²) in [5, 5.41) is 2.98. The monoisotopic (exact) mass is 344 g/mol. The third kappa shape index (κ3) is 4.31. The smallest absolute Gasteiger partial charge is 0.239 e. The molecule has 0 bridgehead atoms. The van der Waals surface area contributed by atoms with Crippen molar-refractivity contribution < 1.29 is 9.59 Å². The van der Waals surface area contributed by atoms with E-state index in [2.05, 4.69) is 22.3 Å². The third-order valence-corrected chi connectivity index (χ3v) is 5.13. The molecule has 0 spiro atoms. The number of anilines is 1. The zero-order chi connectivity index (χ0) is 17.8. The lowest BCUT2D eigenvalue weighted by Crippen LogP contribution is -2.48. The van der Waals surface area contributed by atoms with Crippen molar-refractivity contribution in [2.75, 3.05) is 31.1 Å². The van der Waals surface area contributed by atoms with Gasteiger partial charge in [-0.05, 0) is 43.9 Å². The van der Waals surface area contributed by atoms with Gasteiger partial charge in [0.1, 0.15) is 6.04 Å². The number of nitrogens with two attached hydrogens (primary N) is 1. The summed E-state index contributed by atoms with van der Waals surface area (Å²) < 4.78 is 0. The van der Waals surface area contributed by atoms with Gasteiger partial charge in [-0.25, -0.2) is 0 Å². The molecule has 6 nitrogen and oxygen atoms in total. The number of hydrogen-bond donors (Lipinski definition) is 2. The second-order valence-corrected chi connectivity index (χ2v) is 7.07. The Morgan fingerprint density at radius 3 is 2.68 bits per heavy atom. The van der Waals surface area contributed by atoms with Crippen molar-refractivity contribution in [2.24, 2.45) is 5.73 Å². The average molecular weight is 344 g/mol. The van der Waals surface area contributed by atoms with Crippen LogP contribution in [0.1, 0.15) is 44.2 Å². The number of likely N-dealkylation sites (tertiary alicyclic amines) is 1. The first-order valence-corrected chi connectivity index (χ1v) is 9.23. The lowest BCUT2D eigenvalue weighted by molar-refractivity contribution is -0.129. The van der Waals surface area contributed by atoms with Gasteiger partial charge in [0.2, 0.25) is 11.8 Å². The van der Waals surface area contributed by atoms with Gasteiger partial charge in [-0.3, -0.25) is 9.59 Å². The van der Waals surface area contributed by atoms with Gasteiger partial charge in [0.25, 0.3) is 0 Å². The van der Waals surface area contributed by atoms with Gasteiger partial charge in [-0.1, -0.05) is 12.1 Å². The maximum absolute atomic E-state index is 12.4. The largest absolute Gasteiger partial charge is 0.372 e. The SMILES string of the molecule is CC(NC(=O)[C@@H](N)CN1CCCC1=O)c1cccc(N2CCCC2)c1. The fourth-order valence-electron chi connectivity index (χ4n) is 3.59. The number of carbonyl (C=O) groups is 2. The van der Waals surface area contributed by atoms with Crippen LogP contribution in [0.3, 0.4) is 0 Å².